The monoisotopic (exact) mass is 395 g/mol. The number of aryl methyl sites for hydroxylation is 1. The van der Waals surface area contributed by atoms with Crippen LogP contribution in [0.2, 0.25) is 0 Å². The van der Waals surface area contributed by atoms with Gasteiger partial charge < -0.3 is 8.98 Å². The third-order valence-corrected chi connectivity index (χ3v) is 6.08. The summed E-state index contributed by atoms with van der Waals surface area (Å²) in [5.74, 6) is 2.15. The van der Waals surface area contributed by atoms with Gasteiger partial charge in [-0.15, -0.1) is 0 Å². The first kappa shape index (κ1) is 18.5. The molecular formula is C21H21N3O3S. The molecule has 2 aromatic carbocycles. The minimum absolute atomic E-state index is 0.218. The Bertz CT molecular complexity index is 1220. The predicted octanol–water partition coefficient (Wildman–Crippen LogP) is 4.28. The van der Waals surface area contributed by atoms with Crippen LogP contribution in [0.5, 0.6) is 0 Å². The molecule has 4 rings (SSSR count). The van der Waals surface area contributed by atoms with E-state index in [1.807, 2.05) is 30.3 Å². The maximum absolute atomic E-state index is 11.9. The zero-order valence-electron chi connectivity index (χ0n) is 15.7. The Morgan fingerprint density at radius 2 is 1.71 bits per heavy atom. The van der Waals surface area contributed by atoms with Gasteiger partial charge in [-0.3, -0.25) is 0 Å². The molecule has 0 saturated heterocycles. The highest BCUT2D eigenvalue weighted by Gasteiger charge is 2.16. The van der Waals surface area contributed by atoms with Crippen molar-refractivity contribution in [2.24, 2.45) is 0 Å². The fourth-order valence-corrected chi connectivity index (χ4v) is 3.97. The van der Waals surface area contributed by atoms with E-state index in [9.17, 15) is 8.42 Å². The molecular weight excluding hydrogens is 374 g/mol. The second-order valence-electron chi connectivity index (χ2n) is 6.47. The van der Waals surface area contributed by atoms with E-state index in [1.54, 1.807) is 24.3 Å². The number of nitrogens with one attached hydrogen (secondary N) is 1. The van der Waals surface area contributed by atoms with Crippen LogP contribution >= 0.6 is 0 Å². The maximum Gasteiger partial charge on any atom is 0.240 e. The van der Waals surface area contributed by atoms with Gasteiger partial charge in [0.1, 0.15) is 5.76 Å². The molecule has 0 aliphatic rings. The summed E-state index contributed by atoms with van der Waals surface area (Å²) in [4.78, 5) is 4.97. The molecule has 7 heteroatoms. The van der Waals surface area contributed by atoms with Gasteiger partial charge >= 0.3 is 0 Å². The van der Waals surface area contributed by atoms with Gasteiger partial charge in [-0.25, -0.2) is 18.1 Å². The topological polar surface area (TPSA) is 77.1 Å². The summed E-state index contributed by atoms with van der Waals surface area (Å²) >= 11 is 0. The second-order valence-corrected chi connectivity index (χ2v) is 8.36. The van der Waals surface area contributed by atoms with Crippen LogP contribution in [0, 0.1) is 0 Å². The van der Waals surface area contributed by atoms with Crippen LogP contribution in [0.4, 0.5) is 0 Å². The number of para-hydroxylation sites is 2. The molecule has 0 aliphatic carbocycles. The number of benzene rings is 2. The first-order valence-electron chi connectivity index (χ1n) is 9.13. The summed E-state index contributed by atoms with van der Waals surface area (Å²) in [7, 11) is -2.06. The molecule has 0 spiro atoms. The lowest BCUT2D eigenvalue weighted by atomic mass is 10.2. The molecule has 0 unspecified atom stereocenters. The Kier molecular flexibility index (Phi) is 4.78. The number of aromatic nitrogens is 2. The standard InChI is InChI=1S/C21H21N3O3S/c1-3-14-24-18-7-5-4-6-17(18)23-21(24)20-13-12-19(27-20)15-8-10-16(11-9-15)28(25,26)22-2/h4-13,22H,3,14H2,1-2H3. The summed E-state index contributed by atoms with van der Waals surface area (Å²) in [6.07, 6.45) is 0.988. The summed E-state index contributed by atoms with van der Waals surface area (Å²) in [5.41, 5.74) is 2.82. The van der Waals surface area contributed by atoms with Crippen molar-refractivity contribution in [3.8, 4) is 22.9 Å². The Labute approximate surface area is 163 Å². The summed E-state index contributed by atoms with van der Waals surface area (Å²) in [6, 6.07) is 18.4. The average Bonchev–Trinajstić information content (AvgIpc) is 3.34. The van der Waals surface area contributed by atoms with Crippen LogP contribution in [0.25, 0.3) is 33.9 Å². The number of fused-ring (bicyclic) bond motifs is 1. The molecule has 0 amide bonds. The van der Waals surface area contributed by atoms with Crippen molar-refractivity contribution >= 4 is 21.1 Å². The molecule has 0 saturated carbocycles. The van der Waals surface area contributed by atoms with Crippen LogP contribution in [0.1, 0.15) is 13.3 Å². The predicted molar refractivity (Wildman–Crippen MR) is 109 cm³/mol. The van der Waals surface area contributed by atoms with Crippen molar-refractivity contribution in [3.63, 3.8) is 0 Å². The molecule has 28 heavy (non-hydrogen) atoms. The number of imidazole rings is 1. The molecule has 6 nitrogen and oxygen atoms in total. The normalized spacial score (nSPS) is 11.9. The minimum Gasteiger partial charge on any atom is -0.453 e. The van der Waals surface area contributed by atoms with Crippen molar-refractivity contribution in [2.45, 2.75) is 24.8 Å². The lowest BCUT2D eigenvalue weighted by Gasteiger charge is -2.06. The molecule has 0 fully saturated rings. The van der Waals surface area contributed by atoms with Gasteiger partial charge in [-0.05, 0) is 62.0 Å². The molecule has 1 N–H and O–H groups in total. The molecule has 144 valence electrons. The molecule has 2 heterocycles. The summed E-state index contributed by atoms with van der Waals surface area (Å²) in [5, 5.41) is 0. The number of hydrogen-bond acceptors (Lipinski definition) is 4. The van der Waals surface area contributed by atoms with E-state index in [2.05, 4.69) is 22.3 Å². The SMILES string of the molecule is CCCn1c(-c2ccc(-c3ccc(S(=O)(=O)NC)cc3)o2)nc2ccccc21. The highest BCUT2D eigenvalue weighted by atomic mass is 32.2. The summed E-state index contributed by atoms with van der Waals surface area (Å²) in [6.45, 7) is 2.98. The Morgan fingerprint density at radius 3 is 2.43 bits per heavy atom. The van der Waals surface area contributed by atoms with Crippen LogP contribution in [0.3, 0.4) is 0 Å². The van der Waals surface area contributed by atoms with E-state index in [0.717, 1.165) is 35.4 Å². The van der Waals surface area contributed by atoms with Crippen LogP contribution < -0.4 is 4.72 Å². The van der Waals surface area contributed by atoms with Gasteiger partial charge in [-0.1, -0.05) is 19.1 Å². The minimum atomic E-state index is -3.46. The number of hydrogen-bond donors (Lipinski definition) is 1. The van der Waals surface area contributed by atoms with E-state index in [1.165, 1.54) is 7.05 Å². The van der Waals surface area contributed by atoms with Crippen molar-refractivity contribution < 1.29 is 12.8 Å². The zero-order valence-corrected chi connectivity index (χ0v) is 16.5. The quantitative estimate of drug-likeness (QED) is 0.529. The molecule has 2 aromatic heterocycles. The van der Waals surface area contributed by atoms with Crippen molar-refractivity contribution in [1.82, 2.24) is 14.3 Å². The summed E-state index contributed by atoms with van der Waals surface area (Å²) < 4.78 is 34.3. The van der Waals surface area contributed by atoms with Gasteiger partial charge in [0.05, 0.1) is 15.9 Å². The van der Waals surface area contributed by atoms with Crippen molar-refractivity contribution in [1.29, 1.82) is 0 Å². The van der Waals surface area contributed by atoms with E-state index in [-0.39, 0.29) is 4.90 Å². The van der Waals surface area contributed by atoms with Crippen molar-refractivity contribution in [2.75, 3.05) is 7.05 Å². The Morgan fingerprint density at radius 1 is 1.00 bits per heavy atom. The first-order valence-corrected chi connectivity index (χ1v) is 10.6. The Balaban J connectivity index is 1.72. The molecule has 0 atom stereocenters. The lowest BCUT2D eigenvalue weighted by Crippen LogP contribution is -2.18. The third kappa shape index (κ3) is 3.23. The molecule has 0 radical (unpaired) electrons. The van der Waals surface area contributed by atoms with Gasteiger partial charge in [-0.2, -0.15) is 0 Å². The number of sulfonamides is 1. The van der Waals surface area contributed by atoms with E-state index >= 15 is 0 Å². The van der Waals surface area contributed by atoms with Gasteiger partial charge in [0, 0.05) is 12.1 Å². The third-order valence-electron chi connectivity index (χ3n) is 4.65. The average molecular weight is 395 g/mol. The highest BCUT2D eigenvalue weighted by Crippen LogP contribution is 2.31. The van der Waals surface area contributed by atoms with E-state index in [0.29, 0.717) is 11.5 Å². The van der Waals surface area contributed by atoms with Crippen LogP contribution in [-0.4, -0.2) is 25.0 Å². The van der Waals surface area contributed by atoms with Crippen LogP contribution in [-0.2, 0) is 16.6 Å². The number of rotatable bonds is 6. The number of furan rings is 1. The van der Waals surface area contributed by atoms with Gasteiger partial charge in [0.25, 0.3) is 0 Å². The fraction of sp³-hybridized carbons (Fsp3) is 0.190. The molecule has 4 aromatic rings. The highest BCUT2D eigenvalue weighted by molar-refractivity contribution is 7.89. The largest absolute Gasteiger partial charge is 0.453 e. The molecule has 0 bridgehead atoms. The Hall–Kier alpha value is -2.90. The van der Waals surface area contributed by atoms with Gasteiger partial charge in [0.2, 0.25) is 10.0 Å². The van der Waals surface area contributed by atoms with Crippen molar-refractivity contribution in [3.05, 3.63) is 60.7 Å². The van der Waals surface area contributed by atoms with E-state index in [4.69, 9.17) is 9.40 Å². The van der Waals surface area contributed by atoms with Gasteiger partial charge in [0.15, 0.2) is 11.6 Å². The van der Waals surface area contributed by atoms with Crippen LogP contribution in [0.15, 0.2) is 70.0 Å². The van der Waals surface area contributed by atoms with E-state index < -0.39 is 10.0 Å². The first-order chi connectivity index (χ1) is 13.5. The maximum atomic E-state index is 11.9. The lowest BCUT2D eigenvalue weighted by molar-refractivity contribution is 0.581. The zero-order chi connectivity index (χ0) is 19.7. The number of nitrogens with zero attached hydrogens (tertiary/aromatic N) is 2. The smallest absolute Gasteiger partial charge is 0.240 e. The molecule has 0 aliphatic heterocycles. The second kappa shape index (κ2) is 7.26. The fourth-order valence-electron chi connectivity index (χ4n) is 3.24.